The van der Waals surface area contributed by atoms with Crippen LogP contribution in [0.4, 0.5) is 5.13 Å². The molecule has 9 nitrogen and oxygen atoms in total. The smallest absolute Gasteiger partial charge is 0.308 e. The van der Waals surface area contributed by atoms with Crippen molar-refractivity contribution in [2.45, 2.75) is 10.9 Å². The third-order valence-corrected chi connectivity index (χ3v) is 7.13. The van der Waals surface area contributed by atoms with Gasteiger partial charge in [-0.2, -0.15) is 0 Å². The maximum atomic E-state index is 12.4. The molecule has 0 unspecified atom stereocenters. The van der Waals surface area contributed by atoms with Crippen molar-refractivity contribution in [1.29, 1.82) is 0 Å². The number of rotatable bonds is 6. The zero-order chi connectivity index (χ0) is 20.2. The first-order valence-electron chi connectivity index (χ1n) is 8.80. The van der Waals surface area contributed by atoms with E-state index in [-0.39, 0.29) is 29.0 Å². The quantitative estimate of drug-likeness (QED) is 0.447. The van der Waals surface area contributed by atoms with E-state index >= 15 is 0 Å². The predicted molar refractivity (Wildman–Crippen MR) is 113 cm³/mol. The Morgan fingerprint density at radius 1 is 1.17 bits per heavy atom. The highest BCUT2D eigenvalue weighted by molar-refractivity contribution is 8.01. The Morgan fingerprint density at radius 2 is 1.97 bits per heavy atom. The van der Waals surface area contributed by atoms with Gasteiger partial charge in [0.15, 0.2) is 4.34 Å². The molecule has 1 aromatic carbocycles. The van der Waals surface area contributed by atoms with Crippen molar-refractivity contribution in [1.82, 2.24) is 19.7 Å². The predicted octanol–water partition coefficient (Wildman–Crippen LogP) is 1.50. The molecule has 0 spiro atoms. The van der Waals surface area contributed by atoms with Gasteiger partial charge in [-0.1, -0.05) is 46.6 Å². The molecule has 3 heterocycles. The molecule has 2 aromatic heterocycles. The fraction of sp³-hybridized carbons (Fsp3) is 0.353. The number of thioether (sulfide) groups is 1. The summed E-state index contributed by atoms with van der Waals surface area (Å²) in [5.41, 5.74) is 0.729. The molecule has 0 aliphatic carbocycles. The van der Waals surface area contributed by atoms with Crippen molar-refractivity contribution in [3.05, 3.63) is 33.9 Å². The van der Waals surface area contributed by atoms with Crippen LogP contribution in [-0.2, 0) is 20.9 Å². The van der Waals surface area contributed by atoms with Gasteiger partial charge >= 0.3 is 4.87 Å². The zero-order valence-electron chi connectivity index (χ0n) is 15.2. The van der Waals surface area contributed by atoms with E-state index in [2.05, 4.69) is 15.5 Å². The molecule has 0 bridgehead atoms. The van der Waals surface area contributed by atoms with E-state index in [1.54, 1.807) is 4.90 Å². The highest BCUT2D eigenvalue weighted by atomic mass is 32.2. The van der Waals surface area contributed by atoms with E-state index in [1.807, 2.05) is 24.3 Å². The van der Waals surface area contributed by atoms with Crippen LogP contribution in [0, 0.1) is 0 Å². The summed E-state index contributed by atoms with van der Waals surface area (Å²) in [6.45, 7) is 2.24. The topological polar surface area (TPSA) is 106 Å². The lowest BCUT2D eigenvalue weighted by Crippen LogP contribution is -2.41. The van der Waals surface area contributed by atoms with Gasteiger partial charge < -0.3 is 9.64 Å². The maximum absolute atomic E-state index is 12.4. The van der Waals surface area contributed by atoms with Crippen molar-refractivity contribution in [3.63, 3.8) is 0 Å². The summed E-state index contributed by atoms with van der Waals surface area (Å²) in [6, 6.07) is 7.34. The van der Waals surface area contributed by atoms with Crippen molar-refractivity contribution in [2.24, 2.45) is 0 Å². The molecule has 1 aliphatic heterocycles. The van der Waals surface area contributed by atoms with Crippen molar-refractivity contribution >= 4 is 61.6 Å². The Hall–Kier alpha value is -2.28. The molecule has 0 saturated carbocycles. The normalized spacial score (nSPS) is 14.3. The number of morpholine rings is 1. The number of thiazole rings is 1. The summed E-state index contributed by atoms with van der Waals surface area (Å²) in [6.07, 6.45) is 0. The summed E-state index contributed by atoms with van der Waals surface area (Å²) < 4.78 is 8.11. The number of amides is 2. The average Bonchev–Trinajstić information content (AvgIpc) is 3.31. The molecule has 2 amide bonds. The zero-order valence-corrected chi connectivity index (χ0v) is 17.6. The number of nitrogens with zero attached hydrogens (tertiary/aromatic N) is 4. The van der Waals surface area contributed by atoms with E-state index in [9.17, 15) is 14.4 Å². The van der Waals surface area contributed by atoms with Gasteiger partial charge in [-0.15, -0.1) is 10.2 Å². The lowest BCUT2D eigenvalue weighted by atomic mass is 10.3. The fourth-order valence-electron chi connectivity index (χ4n) is 2.81. The summed E-state index contributed by atoms with van der Waals surface area (Å²) in [4.78, 5) is 38.3. The number of hydrogen-bond acceptors (Lipinski definition) is 9. The minimum atomic E-state index is -0.354. The second kappa shape index (κ2) is 9.03. The van der Waals surface area contributed by atoms with Gasteiger partial charge in [0.1, 0.15) is 6.54 Å². The van der Waals surface area contributed by atoms with Crippen LogP contribution in [0.15, 0.2) is 33.4 Å². The number of fused-ring (bicyclic) bond motifs is 1. The molecule has 152 valence electrons. The lowest BCUT2D eigenvalue weighted by Gasteiger charge is -2.26. The van der Waals surface area contributed by atoms with Crippen molar-refractivity contribution < 1.29 is 14.3 Å². The van der Waals surface area contributed by atoms with Crippen LogP contribution in [0.3, 0.4) is 0 Å². The number of aromatic nitrogens is 3. The first-order chi connectivity index (χ1) is 14.1. The summed E-state index contributed by atoms with van der Waals surface area (Å²) in [5.74, 6) is -0.0608. The number of hydrogen-bond donors (Lipinski definition) is 1. The number of carbonyl (C=O) groups is 2. The fourth-order valence-corrected chi connectivity index (χ4v) is 5.37. The molecule has 1 aliphatic rings. The Balaban J connectivity index is 1.32. The molecule has 3 aromatic rings. The Morgan fingerprint density at radius 3 is 2.79 bits per heavy atom. The molecule has 12 heteroatoms. The molecule has 4 rings (SSSR count). The monoisotopic (exact) mass is 451 g/mol. The molecule has 1 saturated heterocycles. The van der Waals surface area contributed by atoms with Crippen LogP contribution in [-0.4, -0.2) is 63.5 Å². The highest BCUT2D eigenvalue weighted by Crippen LogP contribution is 2.26. The highest BCUT2D eigenvalue weighted by Gasteiger charge is 2.18. The van der Waals surface area contributed by atoms with Gasteiger partial charge in [0.2, 0.25) is 16.9 Å². The van der Waals surface area contributed by atoms with Crippen LogP contribution in [0.5, 0.6) is 0 Å². The molecule has 29 heavy (non-hydrogen) atoms. The van der Waals surface area contributed by atoms with Crippen LogP contribution >= 0.6 is 34.4 Å². The van der Waals surface area contributed by atoms with Gasteiger partial charge in [0, 0.05) is 13.1 Å². The van der Waals surface area contributed by atoms with E-state index in [1.165, 1.54) is 27.7 Å². The number of benzene rings is 1. The average molecular weight is 452 g/mol. The van der Waals surface area contributed by atoms with E-state index in [0.717, 1.165) is 21.6 Å². The largest absolute Gasteiger partial charge is 0.378 e. The number of ether oxygens (including phenoxy) is 1. The maximum Gasteiger partial charge on any atom is 0.308 e. The second-order valence-corrected chi connectivity index (χ2v) is 9.32. The van der Waals surface area contributed by atoms with E-state index in [4.69, 9.17) is 4.74 Å². The van der Waals surface area contributed by atoms with Crippen LogP contribution in [0.2, 0.25) is 0 Å². The molecule has 0 atom stereocenters. The third kappa shape index (κ3) is 4.83. The van der Waals surface area contributed by atoms with E-state index < -0.39 is 0 Å². The first kappa shape index (κ1) is 20.0. The van der Waals surface area contributed by atoms with Gasteiger partial charge in [-0.3, -0.25) is 24.3 Å². The van der Waals surface area contributed by atoms with E-state index in [0.29, 0.717) is 35.8 Å². The number of nitrogens with one attached hydrogen (secondary N) is 1. The molecule has 1 fully saturated rings. The Bertz CT molecular complexity index is 1090. The van der Waals surface area contributed by atoms with Crippen LogP contribution in [0.1, 0.15) is 0 Å². The minimum absolute atomic E-state index is 0.0304. The number of anilines is 1. The molecular formula is C17H17N5O4S3. The number of carbonyl (C=O) groups excluding carboxylic acids is 2. The standard InChI is InChI=1S/C17H17N5O4S3/c23-13(9-22-11-3-1-2-4-12(11)28-17(22)25)18-15-19-20-16(29-15)27-10-14(24)21-5-7-26-8-6-21/h1-4H,5-10H2,(H,18,19,23). The van der Waals surface area contributed by atoms with Crippen molar-refractivity contribution in [3.8, 4) is 0 Å². The third-order valence-electron chi connectivity index (χ3n) is 4.21. The van der Waals surface area contributed by atoms with Crippen LogP contribution in [0.25, 0.3) is 10.2 Å². The van der Waals surface area contributed by atoms with Gasteiger partial charge in [0.05, 0.1) is 29.2 Å². The van der Waals surface area contributed by atoms with Gasteiger partial charge in [-0.25, -0.2) is 0 Å². The second-order valence-electron chi connectivity index (χ2n) is 6.12. The molecule has 0 radical (unpaired) electrons. The summed E-state index contributed by atoms with van der Waals surface area (Å²) >= 11 is 3.59. The van der Waals surface area contributed by atoms with Crippen LogP contribution < -0.4 is 10.2 Å². The van der Waals surface area contributed by atoms with Crippen molar-refractivity contribution in [2.75, 3.05) is 37.4 Å². The van der Waals surface area contributed by atoms with Gasteiger partial charge in [0.25, 0.3) is 0 Å². The molecule has 1 N–H and O–H groups in total. The SMILES string of the molecule is O=C(Cn1c(=O)sc2ccccc21)Nc1nnc(SCC(=O)N2CCOCC2)s1. The Labute approximate surface area is 177 Å². The lowest BCUT2D eigenvalue weighted by molar-refractivity contribution is -0.132. The molecular weight excluding hydrogens is 434 g/mol. The minimum Gasteiger partial charge on any atom is -0.378 e. The van der Waals surface area contributed by atoms with Gasteiger partial charge in [-0.05, 0) is 12.1 Å². The Kier molecular flexibility index (Phi) is 6.23. The summed E-state index contributed by atoms with van der Waals surface area (Å²) in [7, 11) is 0. The first-order valence-corrected chi connectivity index (χ1v) is 11.4. The summed E-state index contributed by atoms with van der Waals surface area (Å²) in [5, 5.41) is 11.0. The number of para-hydroxylation sites is 1.